The van der Waals surface area contributed by atoms with Crippen LogP contribution in [0.2, 0.25) is 0 Å². The summed E-state index contributed by atoms with van der Waals surface area (Å²) >= 11 is 0. The summed E-state index contributed by atoms with van der Waals surface area (Å²) in [5, 5.41) is 3.72. The molecule has 1 heterocycles. The smallest absolute Gasteiger partial charge is 0.0247 e. The van der Waals surface area contributed by atoms with Gasteiger partial charge >= 0.3 is 0 Å². The topological polar surface area (TPSA) is 18.5 Å². The molecule has 3 heteroatoms. The number of hydrogen-bond donors (Lipinski definition) is 1. The van der Waals surface area contributed by atoms with E-state index in [9.17, 15) is 0 Å². The summed E-state index contributed by atoms with van der Waals surface area (Å²) in [5.41, 5.74) is 0. The SMILES string of the molecule is CCCC(NCC)C(CC)N1CCN(C)C(CC)C1. The minimum Gasteiger partial charge on any atom is -0.313 e. The largest absolute Gasteiger partial charge is 0.313 e. The highest BCUT2D eigenvalue weighted by atomic mass is 15.3. The Morgan fingerprint density at radius 3 is 2.42 bits per heavy atom. The lowest BCUT2D eigenvalue weighted by Gasteiger charge is -2.45. The van der Waals surface area contributed by atoms with Gasteiger partial charge in [-0.1, -0.05) is 34.1 Å². The van der Waals surface area contributed by atoms with Gasteiger partial charge in [-0.05, 0) is 32.9 Å². The second-order valence-corrected chi connectivity index (χ2v) is 5.97. The number of rotatable bonds is 8. The lowest BCUT2D eigenvalue weighted by Crippen LogP contribution is -2.58. The fourth-order valence-corrected chi connectivity index (χ4v) is 3.51. The molecule has 1 aliphatic heterocycles. The van der Waals surface area contributed by atoms with Gasteiger partial charge in [-0.2, -0.15) is 0 Å². The molecule has 1 rings (SSSR count). The molecule has 0 bridgehead atoms. The van der Waals surface area contributed by atoms with E-state index in [-0.39, 0.29) is 0 Å². The molecular weight excluding hydrogens is 234 g/mol. The molecular formula is C16H35N3. The molecule has 1 aliphatic rings. The molecule has 3 atom stereocenters. The summed E-state index contributed by atoms with van der Waals surface area (Å²) < 4.78 is 0. The van der Waals surface area contributed by atoms with E-state index in [4.69, 9.17) is 0 Å². The van der Waals surface area contributed by atoms with Crippen molar-refractivity contribution in [3.63, 3.8) is 0 Å². The van der Waals surface area contributed by atoms with Crippen LogP contribution in [0.15, 0.2) is 0 Å². The predicted octanol–water partition coefficient (Wildman–Crippen LogP) is 2.57. The Labute approximate surface area is 120 Å². The maximum Gasteiger partial charge on any atom is 0.0247 e. The molecule has 1 saturated heterocycles. The highest BCUT2D eigenvalue weighted by molar-refractivity contribution is 4.89. The predicted molar refractivity (Wildman–Crippen MR) is 84.7 cm³/mol. The van der Waals surface area contributed by atoms with Crippen LogP contribution in [0, 0.1) is 0 Å². The van der Waals surface area contributed by atoms with Gasteiger partial charge in [0.15, 0.2) is 0 Å². The third kappa shape index (κ3) is 4.73. The zero-order valence-electron chi connectivity index (χ0n) is 13.8. The van der Waals surface area contributed by atoms with E-state index >= 15 is 0 Å². The minimum atomic E-state index is 0.668. The average Bonchev–Trinajstić information content (AvgIpc) is 2.42. The summed E-state index contributed by atoms with van der Waals surface area (Å²) in [6.07, 6.45) is 5.11. The molecule has 1 N–H and O–H groups in total. The summed E-state index contributed by atoms with van der Waals surface area (Å²) in [7, 11) is 2.28. The molecule has 0 aliphatic carbocycles. The fraction of sp³-hybridized carbons (Fsp3) is 1.00. The Morgan fingerprint density at radius 1 is 1.16 bits per heavy atom. The molecule has 0 saturated carbocycles. The Kier molecular flexibility index (Phi) is 7.96. The number of piperazine rings is 1. The second-order valence-electron chi connectivity index (χ2n) is 5.97. The van der Waals surface area contributed by atoms with E-state index in [1.807, 2.05) is 0 Å². The summed E-state index contributed by atoms with van der Waals surface area (Å²) in [6.45, 7) is 14.0. The third-order valence-corrected chi connectivity index (χ3v) is 4.70. The van der Waals surface area contributed by atoms with Crippen LogP contribution in [0.3, 0.4) is 0 Å². The van der Waals surface area contributed by atoms with Gasteiger partial charge in [-0.3, -0.25) is 4.90 Å². The van der Waals surface area contributed by atoms with Crippen molar-refractivity contribution in [2.24, 2.45) is 0 Å². The standard InChI is InChI=1S/C16H35N3/c1-6-10-15(17-9-4)16(8-3)19-12-11-18(5)14(7-2)13-19/h14-17H,6-13H2,1-5H3. The quantitative estimate of drug-likeness (QED) is 0.730. The van der Waals surface area contributed by atoms with Crippen molar-refractivity contribution < 1.29 is 0 Å². The first-order valence-corrected chi connectivity index (χ1v) is 8.35. The van der Waals surface area contributed by atoms with Crippen molar-refractivity contribution >= 4 is 0 Å². The van der Waals surface area contributed by atoms with Gasteiger partial charge in [-0.15, -0.1) is 0 Å². The lowest BCUT2D eigenvalue weighted by molar-refractivity contribution is 0.0457. The highest BCUT2D eigenvalue weighted by Gasteiger charge is 2.30. The van der Waals surface area contributed by atoms with Crippen molar-refractivity contribution in [1.82, 2.24) is 15.1 Å². The summed E-state index contributed by atoms with van der Waals surface area (Å²) in [6, 6.07) is 2.12. The molecule has 0 spiro atoms. The molecule has 0 aromatic carbocycles. The van der Waals surface area contributed by atoms with E-state index in [0.29, 0.717) is 12.1 Å². The zero-order chi connectivity index (χ0) is 14.3. The molecule has 0 radical (unpaired) electrons. The number of nitrogens with one attached hydrogen (secondary N) is 1. The van der Waals surface area contributed by atoms with Gasteiger partial charge in [0.05, 0.1) is 0 Å². The molecule has 0 amide bonds. The van der Waals surface area contributed by atoms with Crippen LogP contribution in [0.1, 0.15) is 53.4 Å². The molecule has 0 aromatic heterocycles. The summed E-state index contributed by atoms with van der Waals surface area (Å²) in [5.74, 6) is 0. The Balaban J connectivity index is 2.66. The van der Waals surface area contributed by atoms with Crippen LogP contribution in [0.4, 0.5) is 0 Å². The van der Waals surface area contributed by atoms with Gasteiger partial charge in [0.25, 0.3) is 0 Å². The monoisotopic (exact) mass is 269 g/mol. The highest BCUT2D eigenvalue weighted by Crippen LogP contribution is 2.19. The minimum absolute atomic E-state index is 0.668. The molecule has 3 unspecified atom stereocenters. The van der Waals surface area contributed by atoms with E-state index < -0.39 is 0 Å². The van der Waals surface area contributed by atoms with Gasteiger partial charge in [0.1, 0.15) is 0 Å². The van der Waals surface area contributed by atoms with Crippen LogP contribution in [0.25, 0.3) is 0 Å². The van der Waals surface area contributed by atoms with Gasteiger partial charge < -0.3 is 10.2 Å². The lowest BCUT2D eigenvalue weighted by atomic mass is 9.97. The Bertz CT molecular complexity index is 226. The Hall–Kier alpha value is -0.120. The molecule has 3 nitrogen and oxygen atoms in total. The van der Waals surface area contributed by atoms with Crippen molar-refractivity contribution in [2.45, 2.75) is 71.5 Å². The van der Waals surface area contributed by atoms with Gasteiger partial charge in [0, 0.05) is 37.8 Å². The van der Waals surface area contributed by atoms with Crippen molar-refractivity contribution in [2.75, 3.05) is 33.2 Å². The Morgan fingerprint density at radius 2 is 1.89 bits per heavy atom. The second kappa shape index (κ2) is 8.93. The average molecular weight is 269 g/mol. The van der Waals surface area contributed by atoms with Crippen molar-refractivity contribution in [3.05, 3.63) is 0 Å². The van der Waals surface area contributed by atoms with E-state index in [0.717, 1.165) is 12.6 Å². The number of likely N-dealkylation sites (N-methyl/N-ethyl adjacent to an activating group) is 2. The van der Waals surface area contributed by atoms with E-state index in [1.165, 1.54) is 45.3 Å². The third-order valence-electron chi connectivity index (χ3n) is 4.70. The molecule has 114 valence electrons. The van der Waals surface area contributed by atoms with Crippen LogP contribution in [0.5, 0.6) is 0 Å². The van der Waals surface area contributed by atoms with Crippen molar-refractivity contribution in [3.8, 4) is 0 Å². The first-order chi connectivity index (χ1) is 9.17. The number of nitrogens with zero attached hydrogens (tertiary/aromatic N) is 2. The van der Waals surface area contributed by atoms with Crippen LogP contribution in [-0.4, -0.2) is 61.2 Å². The fourth-order valence-electron chi connectivity index (χ4n) is 3.51. The normalized spacial score (nSPS) is 25.4. The van der Waals surface area contributed by atoms with Crippen LogP contribution < -0.4 is 5.32 Å². The van der Waals surface area contributed by atoms with Gasteiger partial charge in [-0.25, -0.2) is 0 Å². The van der Waals surface area contributed by atoms with E-state index in [1.54, 1.807) is 0 Å². The maximum atomic E-state index is 3.72. The maximum absolute atomic E-state index is 3.72. The van der Waals surface area contributed by atoms with E-state index in [2.05, 4.69) is 49.9 Å². The number of hydrogen-bond acceptors (Lipinski definition) is 3. The van der Waals surface area contributed by atoms with Crippen LogP contribution >= 0.6 is 0 Å². The first-order valence-electron chi connectivity index (χ1n) is 8.35. The first kappa shape index (κ1) is 16.9. The molecule has 19 heavy (non-hydrogen) atoms. The van der Waals surface area contributed by atoms with Crippen LogP contribution in [-0.2, 0) is 0 Å². The molecule has 1 fully saturated rings. The molecule has 0 aromatic rings. The van der Waals surface area contributed by atoms with Crippen molar-refractivity contribution in [1.29, 1.82) is 0 Å². The summed E-state index contributed by atoms with van der Waals surface area (Å²) in [4.78, 5) is 5.28. The van der Waals surface area contributed by atoms with Gasteiger partial charge in [0.2, 0.25) is 0 Å². The zero-order valence-corrected chi connectivity index (χ0v) is 13.8.